The van der Waals surface area contributed by atoms with Crippen molar-refractivity contribution in [1.82, 2.24) is 0 Å². The van der Waals surface area contributed by atoms with Crippen LogP contribution >= 0.6 is 0 Å². The van der Waals surface area contributed by atoms with Crippen LogP contribution in [0.4, 0.5) is 11.4 Å². The number of aryl methyl sites for hydroxylation is 2. The maximum Gasteiger partial charge on any atom is 1.00 e. The van der Waals surface area contributed by atoms with Crippen LogP contribution in [0.3, 0.4) is 0 Å². The van der Waals surface area contributed by atoms with Crippen LogP contribution in [0.2, 0.25) is 0 Å². The predicted molar refractivity (Wildman–Crippen MR) is 126 cm³/mol. The van der Waals surface area contributed by atoms with Crippen LogP contribution < -0.4 is 34.3 Å². The summed E-state index contributed by atoms with van der Waals surface area (Å²) in [5, 5.41) is 29.7. The molecule has 1 aliphatic rings. The first-order valence-corrected chi connectivity index (χ1v) is 13.4. The summed E-state index contributed by atoms with van der Waals surface area (Å²) in [4.78, 5) is 19.8. The Bertz CT molecular complexity index is 1270. The molecular weight excluding hydrogens is 547 g/mol. The summed E-state index contributed by atoms with van der Waals surface area (Å²) < 4.78 is 60.9. The minimum Gasteiger partial charge on any atom is -0.748 e. The van der Waals surface area contributed by atoms with Gasteiger partial charge in [0.25, 0.3) is 21.5 Å². The van der Waals surface area contributed by atoms with Gasteiger partial charge in [-0.2, -0.15) is 8.42 Å². The minimum atomic E-state index is -4.22. The molecule has 200 valence electrons. The number of phenols is 1. The summed E-state index contributed by atoms with van der Waals surface area (Å²) in [6.07, 6.45) is 0.740. The molecule has 0 aliphatic carbocycles. The summed E-state index contributed by atoms with van der Waals surface area (Å²) in [6, 6.07) is 8.17. The SMILES string of the molecule is Cc1cc(O)ccc1[N+](=O)[O-].Cc1cc(OCCCS(=O)(=O)[O-])ccc1[N+](=O)[O-].O=S1(=O)CCCO1.[Na+]. The average molecular weight is 573 g/mol. The molecule has 37 heavy (non-hydrogen) atoms. The number of benzene rings is 2. The topological polar surface area (TPSA) is 216 Å². The zero-order valence-electron chi connectivity index (χ0n) is 20.4. The van der Waals surface area contributed by atoms with Crippen LogP contribution in [-0.2, 0) is 24.4 Å². The van der Waals surface area contributed by atoms with Crippen molar-refractivity contribution < 1.29 is 74.8 Å². The van der Waals surface area contributed by atoms with E-state index < -0.39 is 35.8 Å². The maximum absolute atomic E-state index is 10.6. The van der Waals surface area contributed by atoms with Crippen LogP contribution in [0.5, 0.6) is 11.5 Å². The molecule has 0 bridgehead atoms. The molecule has 3 rings (SSSR count). The van der Waals surface area contributed by atoms with Crippen LogP contribution in [-0.4, -0.2) is 61.1 Å². The van der Waals surface area contributed by atoms with E-state index in [1.807, 2.05) is 0 Å². The Morgan fingerprint density at radius 2 is 1.57 bits per heavy atom. The van der Waals surface area contributed by atoms with Crippen molar-refractivity contribution in [2.24, 2.45) is 0 Å². The van der Waals surface area contributed by atoms with Gasteiger partial charge in [0.2, 0.25) is 0 Å². The van der Waals surface area contributed by atoms with Crippen LogP contribution in [0.1, 0.15) is 24.0 Å². The Morgan fingerprint density at radius 1 is 1.03 bits per heavy atom. The molecule has 0 saturated carbocycles. The number of hydrogen-bond donors (Lipinski definition) is 1. The van der Waals surface area contributed by atoms with Crippen LogP contribution in [0.25, 0.3) is 0 Å². The summed E-state index contributed by atoms with van der Waals surface area (Å²) in [6.45, 7) is 3.60. The summed E-state index contributed by atoms with van der Waals surface area (Å²) in [5.74, 6) is 0.167. The van der Waals surface area contributed by atoms with Gasteiger partial charge < -0.3 is 14.4 Å². The molecule has 17 heteroatoms. The number of nitrogens with zero attached hydrogens (tertiary/aromatic N) is 2. The van der Waals surface area contributed by atoms with E-state index >= 15 is 0 Å². The number of ether oxygens (including phenoxy) is 1. The van der Waals surface area contributed by atoms with Gasteiger partial charge >= 0.3 is 29.6 Å². The van der Waals surface area contributed by atoms with E-state index in [0.717, 1.165) is 0 Å². The van der Waals surface area contributed by atoms with Gasteiger partial charge in [0, 0.05) is 29.0 Å². The van der Waals surface area contributed by atoms with Gasteiger partial charge in [-0.25, -0.2) is 8.42 Å². The molecule has 1 aliphatic heterocycles. The van der Waals surface area contributed by atoms with Crippen molar-refractivity contribution in [3.8, 4) is 11.5 Å². The van der Waals surface area contributed by atoms with E-state index in [0.29, 0.717) is 29.9 Å². The maximum atomic E-state index is 10.6. The van der Waals surface area contributed by atoms with E-state index in [-0.39, 0.29) is 65.5 Å². The number of nitro groups is 2. The molecule has 0 amide bonds. The van der Waals surface area contributed by atoms with E-state index in [9.17, 15) is 41.6 Å². The number of nitro benzene ring substituents is 2. The van der Waals surface area contributed by atoms with Gasteiger partial charge in [0.1, 0.15) is 11.5 Å². The second kappa shape index (κ2) is 15.8. The Hall–Kier alpha value is -2.34. The molecule has 2 aromatic rings. The molecule has 14 nitrogen and oxygen atoms in total. The van der Waals surface area contributed by atoms with E-state index in [1.54, 1.807) is 13.8 Å². The van der Waals surface area contributed by atoms with Gasteiger partial charge in [0.05, 0.1) is 38.9 Å². The second-order valence-electron chi connectivity index (χ2n) is 7.33. The first-order chi connectivity index (χ1) is 16.6. The molecule has 0 spiro atoms. The number of aromatic hydroxyl groups is 1. The monoisotopic (exact) mass is 572 g/mol. The molecule has 0 radical (unpaired) electrons. The molecule has 2 aromatic carbocycles. The van der Waals surface area contributed by atoms with Crippen molar-refractivity contribution in [3.63, 3.8) is 0 Å². The third-order valence-corrected chi connectivity index (χ3v) is 6.45. The van der Waals surface area contributed by atoms with Gasteiger partial charge in [-0.05, 0) is 51.0 Å². The van der Waals surface area contributed by atoms with E-state index in [2.05, 4.69) is 4.18 Å². The normalized spacial score (nSPS) is 13.6. The standard InChI is InChI=1S/C10H13NO6S.C7H7NO3.C3H6O3S.Na/c1-8-7-9(3-4-10(8)11(12)13)17-5-2-6-18(14,15)16;1-5-4-6(9)2-3-7(5)8(10)11;4-7(5)3-1-2-6-7;/h3-4,7H,2,5-6H2,1H3,(H,14,15,16);2-4,9H,1H3;1-3H2;/q;;;+1/p-1. The fourth-order valence-electron chi connectivity index (χ4n) is 2.67. The second-order valence-corrected chi connectivity index (χ2v) is 10.6. The first kappa shape index (κ1) is 34.7. The molecular formula is C20H25N2NaO12S2. The zero-order chi connectivity index (χ0) is 27.5. The quantitative estimate of drug-likeness (QED) is 0.112. The Balaban J connectivity index is 0.000000577. The number of rotatable bonds is 7. The van der Waals surface area contributed by atoms with Crippen LogP contribution in [0.15, 0.2) is 36.4 Å². The Morgan fingerprint density at radius 3 is 1.95 bits per heavy atom. The Labute approximate surface area is 236 Å². The predicted octanol–water partition coefficient (Wildman–Crippen LogP) is -0.433. The molecule has 0 atom stereocenters. The zero-order valence-corrected chi connectivity index (χ0v) is 24.0. The average Bonchev–Trinajstić information content (AvgIpc) is 3.15. The van der Waals surface area contributed by atoms with Crippen molar-refractivity contribution in [2.75, 3.05) is 24.7 Å². The number of phenolic OH excluding ortho intramolecular Hbond substituents is 1. The minimum absolute atomic E-state index is 0. The Kier molecular flexibility index (Phi) is 14.8. The molecule has 1 heterocycles. The third kappa shape index (κ3) is 14.2. The molecule has 1 saturated heterocycles. The van der Waals surface area contributed by atoms with Gasteiger partial charge in [-0.15, -0.1) is 0 Å². The van der Waals surface area contributed by atoms with Crippen molar-refractivity contribution >= 4 is 31.6 Å². The molecule has 0 aromatic heterocycles. The summed E-state index contributed by atoms with van der Waals surface area (Å²) in [5.41, 5.74) is 0.941. The fraction of sp³-hybridized carbons (Fsp3) is 0.400. The number of hydrogen-bond acceptors (Lipinski definition) is 12. The summed E-state index contributed by atoms with van der Waals surface area (Å²) >= 11 is 0. The smallest absolute Gasteiger partial charge is 0.748 e. The van der Waals surface area contributed by atoms with E-state index in [4.69, 9.17) is 9.84 Å². The molecule has 1 fully saturated rings. The summed E-state index contributed by atoms with van der Waals surface area (Å²) in [7, 11) is -7.27. The fourth-order valence-corrected chi connectivity index (χ4v) is 4.11. The van der Waals surface area contributed by atoms with E-state index in [1.165, 1.54) is 36.4 Å². The molecule has 0 unspecified atom stereocenters. The van der Waals surface area contributed by atoms with Gasteiger partial charge in [0.15, 0.2) is 0 Å². The van der Waals surface area contributed by atoms with Crippen molar-refractivity contribution in [1.29, 1.82) is 0 Å². The largest absolute Gasteiger partial charge is 1.00 e. The van der Waals surface area contributed by atoms with Crippen LogP contribution in [0, 0.1) is 34.1 Å². The first-order valence-electron chi connectivity index (χ1n) is 10.2. The van der Waals surface area contributed by atoms with Crippen molar-refractivity contribution in [3.05, 3.63) is 67.8 Å². The van der Waals surface area contributed by atoms with Gasteiger partial charge in [-0.3, -0.25) is 24.4 Å². The molecule has 1 N–H and O–H groups in total. The third-order valence-electron chi connectivity index (χ3n) is 4.35. The van der Waals surface area contributed by atoms with Gasteiger partial charge in [-0.1, -0.05) is 0 Å². The van der Waals surface area contributed by atoms with Crippen molar-refractivity contribution in [2.45, 2.75) is 26.7 Å².